The van der Waals surface area contributed by atoms with E-state index in [2.05, 4.69) is 12.2 Å². The number of hydrogen-bond donors (Lipinski definition) is 1. The van der Waals surface area contributed by atoms with Crippen LogP contribution in [0.3, 0.4) is 0 Å². The van der Waals surface area contributed by atoms with E-state index in [1.165, 1.54) is 35.9 Å². The average molecular weight is 505 g/mol. The van der Waals surface area contributed by atoms with Gasteiger partial charge >= 0.3 is 0 Å². The normalized spacial score (nSPS) is 12.3. The predicted molar refractivity (Wildman–Crippen MR) is 135 cm³/mol. The molecule has 0 spiro atoms. The molecule has 0 aliphatic rings. The molecule has 0 heterocycles. The fourth-order valence-corrected chi connectivity index (χ4v) is 5.30. The first kappa shape index (κ1) is 25.1. The van der Waals surface area contributed by atoms with Gasteiger partial charge in [-0.1, -0.05) is 72.1 Å². The average Bonchev–Trinajstić information content (AvgIpc) is 2.77. The highest BCUT2D eigenvalue weighted by atomic mass is 35.5. The lowest BCUT2D eigenvalue weighted by molar-refractivity contribution is -0.120. The molecule has 3 aromatic rings. The van der Waals surface area contributed by atoms with Gasteiger partial charge < -0.3 is 5.32 Å². The van der Waals surface area contributed by atoms with E-state index in [9.17, 15) is 13.2 Å². The number of sulfonamides is 1. The highest BCUT2D eigenvalue weighted by Crippen LogP contribution is 2.30. The van der Waals surface area contributed by atoms with Crippen LogP contribution in [-0.2, 0) is 21.2 Å². The van der Waals surface area contributed by atoms with Gasteiger partial charge in [-0.15, -0.1) is 0 Å². The van der Waals surface area contributed by atoms with Crippen LogP contribution in [0.4, 0.5) is 5.69 Å². The van der Waals surface area contributed by atoms with Crippen molar-refractivity contribution in [2.45, 2.75) is 38.1 Å². The van der Waals surface area contributed by atoms with Crippen molar-refractivity contribution in [3.63, 3.8) is 0 Å². The number of benzene rings is 3. The lowest BCUT2D eigenvalue weighted by Gasteiger charge is -2.25. The number of rotatable bonds is 8. The summed E-state index contributed by atoms with van der Waals surface area (Å²) in [5.74, 6) is -0.450. The number of aryl methyl sites for hydroxylation is 2. The highest BCUT2D eigenvalue weighted by Gasteiger charge is 2.28. The van der Waals surface area contributed by atoms with Gasteiger partial charge in [-0.3, -0.25) is 9.10 Å². The number of carbonyl (C=O) groups excluding carboxylic acids is 1. The second-order valence-electron chi connectivity index (χ2n) is 7.84. The maximum Gasteiger partial charge on any atom is 0.264 e. The Bertz CT molecular complexity index is 1210. The Morgan fingerprint density at radius 2 is 1.55 bits per heavy atom. The Morgan fingerprint density at radius 3 is 2.09 bits per heavy atom. The van der Waals surface area contributed by atoms with Gasteiger partial charge in [0.15, 0.2) is 0 Å². The van der Waals surface area contributed by atoms with Crippen LogP contribution in [-0.4, -0.2) is 20.9 Å². The van der Waals surface area contributed by atoms with Crippen LogP contribution in [0, 0.1) is 6.92 Å². The third-order valence-corrected chi connectivity index (χ3v) is 7.52. The molecule has 1 atom stereocenters. The molecule has 0 fully saturated rings. The standard InChI is InChI=1S/C25H26Cl2N2O3S/c1-4-19-7-9-20(10-8-19)18(3)28-25(30)16-29(23-14-21(26)13-22(27)15-23)33(31,32)24-11-5-17(2)6-12-24/h5-15,18H,4,16H2,1-3H3,(H,28,30)/t18-/m1/s1. The Labute approximate surface area is 205 Å². The van der Waals surface area contributed by atoms with Crippen molar-refractivity contribution in [1.82, 2.24) is 5.32 Å². The molecular weight excluding hydrogens is 479 g/mol. The zero-order chi connectivity index (χ0) is 24.2. The van der Waals surface area contributed by atoms with Crippen molar-refractivity contribution in [3.8, 4) is 0 Å². The van der Waals surface area contributed by atoms with E-state index in [-0.39, 0.29) is 26.7 Å². The third-order valence-electron chi connectivity index (χ3n) is 5.30. The van der Waals surface area contributed by atoms with E-state index in [1.807, 2.05) is 38.1 Å². The smallest absolute Gasteiger partial charge is 0.264 e. The molecule has 0 saturated carbocycles. The first-order valence-electron chi connectivity index (χ1n) is 10.5. The van der Waals surface area contributed by atoms with Crippen LogP contribution in [0.25, 0.3) is 0 Å². The molecule has 0 bridgehead atoms. The van der Waals surface area contributed by atoms with Crippen molar-refractivity contribution in [3.05, 3.63) is 93.5 Å². The fourth-order valence-electron chi connectivity index (χ4n) is 3.38. The minimum absolute atomic E-state index is 0.0696. The molecule has 0 aromatic heterocycles. The predicted octanol–water partition coefficient (Wildman–Crippen LogP) is 5.94. The summed E-state index contributed by atoms with van der Waals surface area (Å²) >= 11 is 12.3. The van der Waals surface area contributed by atoms with Gasteiger partial charge in [-0.2, -0.15) is 0 Å². The first-order chi connectivity index (χ1) is 15.6. The second-order valence-corrected chi connectivity index (χ2v) is 10.6. The van der Waals surface area contributed by atoms with Crippen LogP contribution in [0.1, 0.15) is 36.6 Å². The van der Waals surface area contributed by atoms with E-state index < -0.39 is 22.5 Å². The largest absolute Gasteiger partial charge is 0.348 e. The quantitative estimate of drug-likeness (QED) is 0.412. The van der Waals surface area contributed by atoms with Crippen LogP contribution >= 0.6 is 23.2 Å². The van der Waals surface area contributed by atoms with Crippen LogP contribution in [0.15, 0.2) is 71.6 Å². The maximum atomic E-state index is 13.5. The summed E-state index contributed by atoms with van der Waals surface area (Å²) < 4.78 is 28.0. The monoisotopic (exact) mass is 504 g/mol. The first-order valence-corrected chi connectivity index (χ1v) is 12.7. The number of halogens is 2. The van der Waals surface area contributed by atoms with E-state index in [0.29, 0.717) is 0 Å². The van der Waals surface area contributed by atoms with Crippen LogP contribution < -0.4 is 9.62 Å². The molecule has 1 N–H and O–H groups in total. The third kappa shape index (κ3) is 6.28. The molecule has 0 aliphatic carbocycles. The Morgan fingerprint density at radius 1 is 0.970 bits per heavy atom. The summed E-state index contributed by atoms with van der Waals surface area (Å²) in [5.41, 5.74) is 3.26. The molecule has 1 amide bonds. The number of nitrogens with zero attached hydrogens (tertiary/aromatic N) is 1. The summed E-state index contributed by atoms with van der Waals surface area (Å²) in [4.78, 5) is 13.0. The molecule has 3 rings (SSSR count). The van der Waals surface area contributed by atoms with Crippen molar-refractivity contribution >= 4 is 44.8 Å². The molecular formula is C25H26Cl2N2O3S. The van der Waals surface area contributed by atoms with E-state index in [1.54, 1.807) is 12.1 Å². The Balaban J connectivity index is 1.90. The van der Waals surface area contributed by atoms with E-state index in [4.69, 9.17) is 23.2 Å². The minimum atomic E-state index is -4.05. The number of anilines is 1. The summed E-state index contributed by atoms with van der Waals surface area (Å²) in [6, 6.07) is 18.5. The molecule has 0 saturated heterocycles. The van der Waals surface area contributed by atoms with E-state index in [0.717, 1.165) is 21.9 Å². The molecule has 33 heavy (non-hydrogen) atoms. The second kappa shape index (κ2) is 10.6. The maximum absolute atomic E-state index is 13.5. The fraction of sp³-hybridized carbons (Fsp3) is 0.240. The molecule has 8 heteroatoms. The van der Waals surface area contributed by atoms with Gasteiger partial charge in [0.2, 0.25) is 5.91 Å². The molecule has 0 aliphatic heterocycles. The SMILES string of the molecule is CCc1ccc([C@@H](C)NC(=O)CN(c2cc(Cl)cc(Cl)c2)S(=O)(=O)c2ccc(C)cc2)cc1. The number of hydrogen-bond acceptors (Lipinski definition) is 3. The minimum Gasteiger partial charge on any atom is -0.348 e. The molecule has 3 aromatic carbocycles. The van der Waals surface area contributed by atoms with Gasteiger partial charge in [0.25, 0.3) is 10.0 Å². The Kier molecular flexibility index (Phi) is 8.05. The summed E-state index contributed by atoms with van der Waals surface area (Å²) in [6.07, 6.45) is 0.926. The molecule has 5 nitrogen and oxygen atoms in total. The highest BCUT2D eigenvalue weighted by molar-refractivity contribution is 7.92. The van der Waals surface area contributed by atoms with Crippen molar-refractivity contribution in [2.75, 3.05) is 10.8 Å². The van der Waals surface area contributed by atoms with Crippen molar-refractivity contribution in [1.29, 1.82) is 0 Å². The Hall–Kier alpha value is -2.54. The van der Waals surface area contributed by atoms with Gasteiger partial charge in [-0.25, -0.2) is 8.42 Å². The zero-order valence-corrected chi connectivity index (χ0v) is 21.0. The summed E-state index contributed by atoms with van der Waals surface area (Å²) in [6.45, 7) is 5.37. The van der Waals surface area contributed by atoms with E-state index >= 15 is 0 Å². The van der Waals surface area contributed by atoms with Crippen LogP contribution in [0.5, 0.6) is 0 Å². The van der Waals surface area contributed by atoms with Crippen molar-refractivity contribution < 1.29 is 13.2 Å². The number of carbonyl (C=O) groups is 1. The number of nitrogens with one attached hydrogen (secondary N) is 1. The van der Waals surface area contributed by atoms with Gasteiger partial charge in [0.05, 0.1) is 16.6 Å². The summed E-state index contributed by atoms with van der Waals surface area (Å²) in [7, 11) is -4.05. The van der Waals surface area contributed by atoms with Gasteiger partial charge in [0.1, 0.15) is 6.54 Å². The molecule has 174 valence electrons. The van der Waals surface area contributed by atoms with Gasteiger partial charge in [0, 0.05) is 10.0 Å². The number of amides is 1. The van der Waals surface area contributed by atoms with Crippen molar-refractivity contribution in [2.24, 2.45) is 0 Å². The zero-order valence-electron chi connectivity index (χ0n) is 18.7. The molecule has 0 radical (unpaired) electrons. The molecule has 0 unspecified atom stereocenters. The van der Waals surface area contributed by atoms with Gasteiger partial charge in [-0.05, 0) is 61.7 Å². The summed E-state index contributed by atoms with van der Waals surface area (Å²) in [5, 5.41) is 3.42. The van der Waals surface area contributed by atoms with Crippen LogP contribution in [0.2, 0.25) is 10.0 Å². The lowest BCUT2D eigenvalue weighted by atomic mass is 10.1. The lowest BCUT2D eigenvalue weighted by Crippen LogP contribution is -2.41. The topological polar surface area (TPSA) is 66.5 Å².